The molecule has 0 bridgehead atoms. The highest BCUT2D eigenvalue weighted by Crippen LogP contribution is 2.30. The minimum absolute atomic E-state index is 0.194. The number of nitrogens with one attached hydrogen (secondary N) is 1. The third kappa shape index (κ3) is 2.56. The highest BCUT2D eigenvalue weighted by Gasteiger charge is 2.38. The number of halogens is 3. The van der Waals surface area contributed by atoms with Crippen molar-refractivity contribution in [3.8, 4) is 0 Å². The van der Waals surface area contributed by atoms with E-state index in [9.17, 15) is 12.8 Å². The van der Waals surface area contributed by atoms with Crippen LogP contribution in [0, 0.1) is 5.82 Å². The summed E-state index contributed by atoms with van der Waals surface area (Å²) in [6.07, 6.45) is 0.562. The van der Waals surface area contributed by atoms with E-state index in [-0.39, 0.29) is 22.0 Å². The van der Waals surface area contributed by atoms with Gasteiger partial charge in [-0.2, -0.15) is 0 Å². The Balaban J connectivity index is 2.36. The Bertz CT molecular complexity index is 564. The van der Waals surface area contributed by atoms with Gasteiger partial charge in [0.05, 0.1) is 10.0 Å². The molecule has 0 saturated heterocycles. The summed E-state index contributed by atoms with van der Waals surface area (Å²) >= 11 is 11.1. The van der Waals surface area contributed by atoms with E-state index in [0.717, 1.165) is 12.1 Å². The van der Waals surface area contributed by atoms with Crippen LogP contribution in [0.15, 0.2) is 17.0 Å². The van der Waals surface area contributed by atoms with Crippen LogP contribution in [0.3, 0.4) is 0 Å². The Morgan fingerprint density at radius 1 is 1.41 bits per heavy atom. The summed E-state index contributed by atoms with van der Waals surface area (Å²) in [4.78, 5) is -0.333. The SMILES string of the molecule is NC1CC1NS(=O)(=O)c1ccc(Cl)c(F)c1Cl. The average molecular weight is 299 g/mol. The maximum Gasteiger partial charge on any atom is 0.242 e. The molecule has 2 atom stereocenters. The van der Waals surface area contributed by atoms with Crippen LogP contribution < -0.4 is 10.5 Å². The van der Waals surface area contributed by atoms with Gasteiger partial charge in [0, 0.05) is 12.1 Å². The summed E-state index contributed by atoms with van der Waals surface area (Å²) in [5.41, 5.74) is 5.49. The van der Waals surface area contributed by atoms with E-state index in [0.29, 0.717) is 6.42 Å². The van der Waals surface area contributed by atoms with E-state index in [2.05, 4.69) is 4.72 Å². The molecule has 1 aromatic rings. The van der Waals surface area contributed by atoms with Gasteiger partial charge in [0.15, 0.2) is 5.82 Å². The van der Waals surface area contributed by atoms with Crippen LogP contribution in [0.25, 0.3) is 0 Å². The van der Waals surface area contributed by atoms with Crippen LogP contribution in [0.5, 0.6) is 0 Å². The third-order valence-corrected chi connectivity index (χ3v) is 4.74. The smallest absolute Gasteiger partial charge is 0.242 e. The zero-order valence-electron chi connectivity index (χ0n) is 8.45. The van der Waals surface area contributed by atoms with Crippen molar-refractivity contribution in [2.75, 3.05) is 0 Å². The molecular weight excluding hydrogens is 290 g/mol. The molecule has 0 radical (unpaired) electrons. The highest BCUT2D eigenvalue weighted by molar-refractivity contribution is 7.89. The average Bonchev–Trinajstić information content (AvgIpc) is 2.89. The lowest BCUT2D eigenvalue weighted by Crippen LogP contribution is -2.30. The van der Waals surface area contributed by atoms with Crippen molar-refractivity contribution in [1.29, 1.82) is 0 Å². The highest BCUT2D eigenvalue weighted by atomic mass is 35.5. The van der Waals surface area contributed by atoms with E-state index in [4.69, 9.17) is 28.9 Å². The molecule has 1 aliphatic rings. The van der Waals surface area contributed by atoms with Crippen LogP contribution in [-0.2, 0) is 10.0 Å². The first kappa shape index (κ1) is 13.0. The molecule has 0 spiro atoms. The fourth-order valence-electron chi connectivity index (χ4n) is 1.33. The van der Waals surface area contributed by atoms with Crippen molar-refractivity contribution in [1.82, 2.24) is 4.72 Å². The fourth-order valence-corrected chi connectivity index (χ4v) is 3.37. The van der Waals surface area contributed by atoms with E-state index < -0.39 is 20.9 Å². The largest absolute Gasteiger partial charge is 0.326 e. The number of hydrogen-bond donors (Lipinski definition) is 2. The van der Waals surface area contributed by atoms with Crippen LogP contribution in [0.1, 0.15) is 6.42 Å². The monoisotopic (exact) mass is 298 g/mol. The van der Waals surface area contributed by atoms with Gasteiger partial charge in [0.1, 0.15) is 4.90 Å². The summed E-state index contributed by atoms with van der Waals surface area (Å²) in [6, 6.07) is 1.80. The summed E-state index contributed by atoms with van der Waals surface area (Å²) in [5, 5.41) is -0.740. The van der Waals surface area contributed by atoms with E-state index in [1.54, 1.807) is 0 Å². The Kier molecular flexibility index (Phi) is 3.35. The predicted octanol–water partition coefficient (Wildman–Crippen LogP) is 1.51. The molecular formula is C9H9Cl2FN2O2S. The Morgan fingerprint density at radius 2 is 2.00 bits per heavy atom. The summed E-state index contributed by atoms with van der Waals surface area (Å²) < 4.78 is 39.4. The first-order chi connectivity index (χ1) is 7.83. The Morgan fingerprint density at radius 3 is 2.53 bits per heavy atom. The van der Waals surface area contributed by atoms with Gasteiger partial charge in [0.2, 0.25) is 10.0 Å². The van der Waals surface area contributed by atoms with E-state index >= 15 is 0 Å². The van der Waals surface area contributed by atoms with Gasteiger partial charge in [-0.05, 0) is 18.6 Å². The molecule has 4 nitrogen and oxygen atoms in total. The van der Waals surface area contributed by atoms with Crippen molar-refractivity contribution < 1.29 is 12.8 Å². The lowest BCUT2D eigenvalue weighted by atomic mass is 10.3. The second-order valence-corrected chi connectivity index (χ2v) is 6.27. The van der Waals surface area contributed by atoms with Gasteiger partial charge in [-0.3, -0.25) is 0 Å². The van der Waals surface area contributed by atoms with Crippen LogP contribution >= 0.6 is 23.2 Å². The fraction of sp³-hybridized carbons (Fsp3) is 0.333. The molecule has 0 amide bonds. The molecule has 1 fully saturated rings. The molecule has 8 heteroatoms. The van der Waals surface area contributed by atoms with Crippen molar-refractivity contribution in [2.45, 2.75) is 23.4 Å². The topological polar surface area (TPSA) is 72.2 Å². The molecule has 17 heavy (non-hydrogen) atoms. The minimum Gasteiger partial charge on any atom is -0.326 e. The molecule has 0 heterocycles. The van der Waals surface area contributed by atoms with Gasteiger partial charge in [-0.15, -0.1) is 0 Å². The molecule has 94 valence electrons. The second kappa shape index (κ2) is 4.37. The molecule has 0 aromatic heterocycles. The van der Waals surface area contributed by atoms with Gasteiger partial charge in [-0.1, -0.05) is 23.2 Å². The summed E-state index contributed by atoms with van der Waals surface area (Å²) in [6.45, 7) is 0. The van der Waals surface area contributed by atoms with Gasteiger partial charge < -0.3 is 5.73 Å². The van der Waals surface area contributed by atoms with E-state index in [1.165, 1.54) is 0 Å². The van der Waals surface area contributed by atoms with Gasteiger partial charge in [0.25, 0.3) is 0 Å². The quantitative estimate of drug-likeness (QED) is 0.831. The van der Waals surface area contributed by atoms with E-state index in [1.807, 2.05) is 0 Å². The second-order valence-electron chi connectivity index (χ2n) is 3.80. The maximum absolute atomic E-state index is 13.4. The number of nitrogens with two attached hydrogens (primary N) is 1. The Labute approximate surface area is 108 Å². The van der Waals surface area contributed by atoms with Crippen molar-refractivity contribution in [2.24, 2.45) is 5.73 Å². The van der Waals surface area contributed by atoms with Crippen molar-refractivity contribution in [3.05, 3.63) is 28.0 Å². The minimum atomic E-state index is -3.86. The predicted molar refractivity (Wildman–Crippen MR) is 63.1 cm³/mol. The number of rotatable bonds is 3. The number of hydrogen-bond acceptors (Lipinski definition) is 3. The standard InChI is InChI=1S/C9H9Cl2FN2O2S/c10-4-1-2-7(8(11)9(4)12)17(15,16)14-6-3-5(6)13/h1-2,5-6,14H,3,13H2. The molecule has 1 aliphatic carbocycles. The van der Waals surface area contributed by atoms with Crippen molar-refractivity contribution in [3.63, 3.8) is 0 Å². The molecule has 2 rings (SSSR count). The zero-order chi connectivity index (χ0) is 12.8. The third-order valence-electron chi connectivity index (χ3n) is 2.44. The summed E-state index contributed by atoms with van der Waals surface area (Å²) in [7, 11) is -3.86. The van der Waals surface area contributed by atoms with Crippen LogP contribution in [-0.4, -0.2) is 20.5 Å². The van der Waals surface area contributed by atoms with Gasteiger partial charge in [-0.25, -0.2) is 17.5 Å². The number of benzene rings is 1. The van der Waals surface area contributed by atoms with Crippen LogP contribution in [0.2, 0.25) is 10.0 Å². The van der Waals surface area contributed by atoms with Gasteiger partial charge >= 0.3 is 0 Å². The van der Waals surface area contributed by atoms with Crippen molar-refractivity contribution >= 4 is 33.2 Å². The zero-order valence-corrected chi connectivity index (χ0v) is 10.8. The first-order valence-electron chi connectivity index (χ1n) is 4.74. The Hall–Kier alpha value is -0.400. The lowest BCUT2D eigenvalue weighted by Gasteiger charge is -2.08. The number of sulfonamides is 1. The van der Waals surface area contributed by atoms with Crippen LogP contribution in [0.4, 0.5) is 4.39 Å². The molecule has 3 N–H and O–H groups in total. The normalized spacial score (nSPS) is 23.8. The maximum atomic E-state index is 13.4. The lowest BCUT2D eigenvalue weighted by molar-refractivity contribution is 0.576. The first-order valence-corrected chi connectivity index (χ1v) is 6.98. The molecule has 1 saturated carbocycles. The molecule has 1 aromatic carbocycles. The molecule has 2 unspecified atom stereocenters. The summed E-state index contributed by atoms with van der Waals surface area (Å²) in [5.74, 6) is -0.948. The molecule has 0 aliphatic heterocycles.